The second-order valence-corrected chi connectivity index (χ2v) is 3.55. The van der Waals surface area contributed by atoms with Crippen molar-refractivity contribution in [3.63, 3.8) is 0 Å². The third-order valence-corrected chi connectivity index (χ3v) is 2.40. The van der Waals surface area contributed by atoms with Gasteiger partial charge in [0, 0.05) is 19.3 Å². The Hall–Kier alpha value is -1.33. The molecule has 1 aromatic heterocycles. The van der Waals surface area contributed by atoms with Crippen LogP contribution in [-0.2, 0) is 0 Å². The number of aliphatic hydroxyl groups excluding tert-OH is 1. The molecule has 16 heavy (non-hydrogen) atoms. The number of aliphatic hydroxyl groups is 1. The van der Waals surface area contributed by atoms with E-state index in [0.29, 0.717) is 18.9 Å². The van der Waals surface area contributed by atoms with Gasteiger partial charge in [-0.15, -0.1) is 0 Å². The third kappa shape index (κ3) is 2.84. The maximum Gasteiger partial charge on any atom is 0.337 e. The molecule has 0 bridgehead atoms. The van der Waals surface area contributed by atoms with E-state index in [0.717, 1.165) is 0 Å². The summed E-state index contributed by atoms with van der Waals surface area (Å²) in [7, 11) is 0. The van der Waals surface area contributed by atoms with E-state index in [1.165, 1.54) is 12.3 Å². The molecule has 1 aromatic rings. The fraction of sp³-hybridized carbons (Fsp3) is 0.400. The first-order valence-electron chi connectivity index (χ1n) is 4.84. The number of carboxylic acid groups (broad SMARTS) is 1. The average molecular weight is 245 g/mol. The molecule has 0 radical (unpaired) electrons. The van der Waals surface area contributed by atoms with Crippen LogP contribution in [0.3, 0.4) is 0 Å². The predicted molar refractivity (Wildman–Crippen MR) is 61.2 cm³/mol. The molecule has 5 nitrogen and oxygen atoms in total. The Balaban J connectivity index is 3.01. The molecule has 88 valence electrons. The van der Waals surface area contributed by atoms with Gasteiger partial charge in [0.2, 0.25) is 0 Å². The van der Waals surface area contributed by atoms with Crippen molar-refractivity contribution < 1.29 is 15.0 Å². The summed E-state index contributed by atoms with van der Waals surface area (Å²) >= 11 is 5.93. The van der Waals surface area contributed by atoms with Gasteiger partial charge in [-0.2, -0.15) is 0 Å². The first-order valence-corrected chi connectivity index (χ1v) is 5.22. The lowest BCUT2D eigenvalue weighted by Crippen LogP contribution is -2.27. The topological polar surface area (TPSA) is 73.7 Å². The maximum absolute atomic E-state index is 10.7. The molecule has 6 heteroatoms. The molecule has 0 spiro atoms. The van der Waals surface area contributed by atoms with Crippen molar-refractivity contribution in [3.8, 4) is 0 Å². The minimum atomic E-state index is -1.06. The van der Waals surface area contributed by atoms with Crippen LogP contribution in [0.2, 0.25) is 5.02 Å². The SMILES string of the molecule is CCN(CCO)c1ncc(C(=O)O)cc1Cl. The highest BCUT2D eigenvalue weighted by molar-refractivity contribution is 6.33. The number of rotatable bonds is 5. The van der Waals surface area contributed by atoms with E-state index in [1.807, 2.05) is 6.92 Å². The van der Waals surface area contributed by atoms with Crippen LogP contribution in [0, 0.1) is 0 Å². The van der Waals surface area contributed by atoms with Crippen molar-refractivity contribution >= 4 is 23.4 Å². The van der Waals surface area contributed by atoms with Gasteiger partial charge in [0.05, 0.1) is 17.2 Å². The summed E-state index contributed by atoms with van der Waals surface area (Å²) in [6, 6.07) is 1.35. The summed E-state index contributed by atoms with van der Waals surface area (Å²) in [5.41, 5.74) is 0.0498. The lowest BCUT2D eigenvalue weighted by atomic mass is 10.3. The standard InChI is InChI=1S/C10H13ClN2O3/c1-2-13(3-4-14)9-8(11)5-7(6-12-9)10(15)16/h5-6,14H,2-4H2,1H3,(H,15,16). The molecular weight excluding hydrogens is 232 g/mol. The lowest BCUT2D eigenvalue weighted by molar-refractivity contribution is 0.0696. The van der Waals surface area contributed by atoms with E-state index < -0.39 is 5.97 Å². The summed E-state index contributed by atoms with van der Waals surface area (Å²) in [6.45, 7) is 2.95. The zero-order chi connectivity index (χ0) is 12.1. The fourth-order valence-corrected chi connectivity index (χ4v) is 1.60. The van der Waals surface area contributed by atoms with E-state index in [4.69, 9.17) is 21.8 Å². The van der Waals surface area contributed by atoms with Gasteiger partial charge in [-0.05, 0) is 13.0 Å². The second-order valence-electron chi connectivity index (χ2n) is 3.14. The number of aromatic carboxylic acids is 1. The number of hydrogen-bond acceptors (Lipinski definition) is 4. The summed E-state index contributed by atoms with van der Waals surface area (Å²) in [5, 5.41) is 17.9. The molecule has 0 aliphatic carbocycles. The molecule has 2 N–H and O–H groups in total. The number of carboxylic acids is 1. The van der Waals surface area contributed by atoms with Gasteiger partial charge < -0.3 is 15.1 Å². The number of anilines is 1. The van der Waals surface area contributed by atoms with Gasteiger partial charge in [-0.3, -0.25) is 0 Å². The Labute approximate surface area is 98.3 Å². The van der Waals surface area contributed by atoms with Crippen molar-refractivity contribution in [2.24, 2.45) is 0 Å². The molecular formula is C10H13ClN2O3. The highest BCUT2D eigenvalue weighted by atomic mass is 35.5. The van der Waals surface area contributed by atoms with E-state index in [-0.39, 0.29) is 17.2 Å². The van der Waals surface area contributed by atoms with Crippen molar-refractivity contribution in [3.05, 3.63) is 22.8 Å². The molecule has 1 heterocycles. The number of likely N-dealkylation sites (N-methyl/N-ethyl adjacent to an activating group) is 1. The molecule has 0 atom stereocenters. The average Bonchev–Trinajstić information content (AvgIpc) is 2.26. The molecule has 1 rings (SSSR count). The summed E-state index contributed by atoms with van der Waals surface area (Å²) in [4.78, 5) is 16.4. The molecule has 0 amide bonds. The molecule has 0 aliphatic heterocycles. The number of carbonyl (C=O) groups is 1. The van der Waals surface area contributed by atoms with E-state index >= 15 is 0 Å². The smallest absolute Gasteiger partial charge is 0.337 e. The molecule has 0 saturated heterocycles. The van der Waals surface area contributed by atoms with E-state index in [9.17, 15) is 4.79 Å². The van der Waals surface area contributed by atoms with Crippen molar-refractivity contribution in [1.29, 1.82) is 0 Å². The highest BCUT2D eigenvalue weighted by Crippen LogP contribution is 2.23. The van der Waals surface area contributed by atoms with Gasteiger partial charge in [-0.25, -0.2) is 9.78 Å². The van der Waals surface area contributed by atoms with E-state index in [2.05, 4.69) is 4.98 Å². The molecule has 0 aliphatic rings. The minimum absolute atomic E-state index is 0.00741. The quantitative estimate of drug-likeness (QED) is 0.816. The number of pyridine rings is 1. The number of halogens is 1. The number of nitrogens with zero attached hydrogens (tertiary/aromatic N) is 2. The van der Waals surface area contributed by atoms with Crippen LogP contribution >= 0.6 is 11.6 Å². The first kappa shape index (κ1) is 12.7. The predicted octanol–water partition coefficient (Wildman–Crippen LogP) is 1.25. The second kappa shape index (κ2) is 5.67. The van der Waals surface area contributed by atoms with Crippen molar-refractivity contribution in [2.45, 2.75) is 6.92 Å². The normalized spacial score (nSPS) is 10.2. The van der Waals surface area contributed by atoms with Crippen LogP contribution in [0.1, 0.15) is 17.3 Å². The molecule has 0 aromatic carbocycles. The Morgan fingerprint density at radius 2 is 2.31 bits per heavy atom. The maximum atomic E-state index is 10.7. The lowest BCUT2D eigenvalue weighted by Gasteiger charge is -2.21. The van der Waals surface area contributed by atoms with Crippen molar-refractivity contribution in [1.82, 2.24) is 4.98 Å². The van der Waals surface area contributed by atoms with Gasteiger partial charge in [-0.1, -0.05) is 11.6 Å². The fourth-order valence-electron chi connectivity index (χ4n) is 1.31. The summed E-state index contributed by atoms with van der Waals surface area (Å²) in [5.74, 6) is -0.575. The Morgan fingerprint density at radius 1 is 1.62 bits per heavy atom. The van der Waals surface area contributed by atoms with Gasteiger partial charge in [0.25, 0.3) is 0 Å². The number of hydrogen-bond donors (Lipinski definition) is 2. The Kier molecular flexibility index (Phi) is 4.52. The summed E-state index contributed by atoms with van der Waals surface area (Å²) < 4.78 is 0. The molecule has 0 saturated carbocycles. The first-order chi connectivity index (χ1) is 7.60. The minimum Gasteiger partial charge on any atom is -0.478 e. The van der Waals surface area contributed by atoms with Crippen LogP contribution in [0.25, 0.3) is 0 Å². The zero-order valence-electron chi connectivity index (χ0n) is 8.85. The van der Waals surface area contributed by atoms with Gasteiger partial charge in [0.1, 0.15) is 5.82 Å². The summed E-state index contributed by atoms with van der Waals surface area (Å²) in [6.07, 6.45) is 1.25. The zero-order valence-corrected chi connectivity index (χ0v) is 9.61. The molecule has 0 unspecified atom stereocenters. The third-order valence-electron chi connectivity index (χ3n) is 2.12. The molecule has 0 fully saturated rings. The van der Waals surface area contributed by atoms with E-state index in [1.54, 1.807) is 4.90 Å². The van der Waals surface area contributed by atoms with Gasteiger partial charge >= 0.3 is 5.97 Å². The van der Waals surface area contributed by atoms with Crippen LogP contribution in [0.5, 0.6) is 0 Å². The van der Waals surface area contributed by atoms with Crippen molar-refractivity contribution in [2.75, 3.05) is 24.6 Å². The highest BCUT2D eigenvalue weighted by Gasteiger charge is 2.12. The van der Waals surface area contributed by atoms with Crippen LogP contribution in [0.4, 0.5) is 5.82 Å². The Bertz CT molecular complexity index is 384. The monoisotopic (exact) mass is 244 g/mol. The van der Waals surface area contributed by atoms with Crippen LogP contribution < -0.4 is 4.90 Å². The number of aromatic nitrogens is 1. The van der Waals surface area contributed by atoms with Crippen LogP contribution in [-0.4, -0.2) is 40.9 Å². The van der Waals surface area contributed by atoms with Gasteiger partial charge in [0.15, 0.2) is 0 Å². The largest absolute Gasteiger partial charge is 0.478 e. The van der Waals surface area contributed by atoms with Crippen LogP contribution in [0.15, 0.2) is 12.3 Å². The Morgan fingerprint density at radius 3 is 2.75 bits per heavy atom.